The maximum absolute atomic E-state index is 13.9. The van der Waals surface area contributed by atoms with E-state index in [4.69, 9.17) is 5.26 Å². The molecule has 0 saturated heterocycles. The third-order valence-corrected chi connectivity index (χ3v) is 4.11. The van der Waals surface area contributed by atoms with Crippen molar-refractivity contribution in [3.05, 3.63) is 57.5 Å². The second-order valence-electron chi connectivity index (χ2n) is 4.87. The molecule has 0 aliphatic rings. The maximum atomic E-state index is 13.9. The predicted octanol–water partition coefficient (Wildman–Crippen LogP) is 3.67. The number of thiophene rings is 1. The highest BCUT2D eigenvalue weighted by molar-refractivity contribution is 14.0. The van der Waals surface area contributed by atoms with Gasteiger partial charge in [-0.3, -0.25) is 0 Å². The van der Waals surface area contributed by atoms with Crippen molar-refractivity contribution in [1.29, 1.82) is 5.26 Å². The fourth-order valence-electron chi connectivity index (χ4n) is 2.01. The van der Waals surface area contributed by atoms with E-state index in [1.807, 2.05) is 19.1 Å². The standard InChI is InChI=1S/C17H19FN4S.HI/c1-2-20-17(21-8-7-15-4-3-9-23-15)22-12-14-6-5-13(11-19)10-16(14)18;/h3-6,9-10H,2,7-8,12H2,1H3,(H2,20,21,22);1H. The molecule has 128 valence electrons. The number of benzene rings is 1. The molecular weight excluding hydrogens is 438 g/mol. The van der Waals surface area contributed by atoms with Crippen LogP contribution < -0.4 is 10.6 Å². The van der Waals surface area contributed by atoms with Crippen molar-refractivity contribution in [3.63, 3.8) is 0 Å². The molecule has 2 aromatic rings. The Hall–Kier alpha value is -1.66. The molecule has 7 heteroatoms. The summed E-state index contributed by atoms with van der Waals surface area (Å²) in [6.07, 6.45) is 0.924. The summed E-state index contributed by atoms with van der Waals surface area (Å²) in [5.74, 6) is 0.259. The van der Waals surface area contributed by atoms with E-state index in [1.165, 1.54) is 10.9 Å². The summed E-state index contributed by atoms with van der Waals surface area (Å²) in [5, 5.41) is 17.2. The zero-order valence-corrected chi connectivity index (χ0v) is 16.5. The highest BCUT2D eigenvalue weighted by Gasteiger charge is 2.04. The summed E-state index contributed by atoms with van der Waals surface area (Å²) in [4.78, 5) is 5.71. The van der Waals surface area contributed by atoms with Crippen molar-refractivity contribution in [3.8, 4) is 6.07 Å². The van der Waals surface area contributed by atoms with Crippen LogP contribution in [0.15, 0.2) is 40.7 Å². The van der Waals surface area contributed by atoms with Crippen LogP contribution in [-0.4, -0.2) is 19.0 Å². The van der Waals surface area contributed by atoms with Crippen LogP contribution in [-0.2, 0) is 13.0 Å². The number of nitrogens with zero attached hydrogens (tertiary/aromatic N) is 2. The molecule has 0 fully saturated rings. The largest absolute Gasteiger partial charge is 0.357 e. The molecule has 0 unspecified atom stereocenters. The molecule has 24 heavy (non-hydrogen) atoms. The summed E-state index contributed by atoms with van der Waals surface area (Å²) in [6, 6.07) is 10.5. The van der Waals surface area contributed by atoms with Gasteiger partial charge in [-0.25, -0.2) is 9.38 Å². The Morgan fingerprint density at radius 3 is 2.79 bits per heavy atom. The molecule has 4 nitrogen and oxygen atoms in total. The molecule has 0 aliphatic carbocycles. The normalized spacial score (nSPS) is 10.6. The van der Waals surface area contributed by atoms with Crippen molar-refractivity contribution in [2.24, 2.45) is 4.99 Å². The first-order valence-corrected chi connectivity index (χ1v) is 8.34. The number of nitriles is 1. The number of halogens is 2. The highest BCUT2D eigenvalue weighted by atomic mass is 127. The van der Waals surface area contributed by atoms with Crippen LogP contribution in [0.3, 0.4) is 0 Å². The van der Waals surface area contributed by atoms with Crippen molar-refractivity contribution < 1.29 is 4.39 Å². The highest BCUT2D eigenvalue weighted by Crippen LogP contribution is 2.11. The second kappa shape index (κ2) is 11.0. The fraction of sp³-hybridized carbons (Fsp3) is 0.294. The third kappa shape index (κ3) is 6.45. The number of hydrogen-bond donors (Lipinski definition) is 2. The summed E-state index contributed by atoms with van der Waals surface area (Å²) in [6.45, 7) is 3.72. The van der Waals surface area contributed by atoms with Crippen molar-refractivity contribution in [2.45, 2.75) is 19.9 Å². The summed E-state index contributed by atoms with van der Waals surface area (Å²) in [7, 11) is 0. The van der Waals surface area contributed by atoms with Gasteiger partial charge in [-0.1, -0.05) is 12.1 Å². The minimum atomic E-state index is -0.401. The Kier molecular flexibility index (Phi) is 9.34. The van der Waals surface area contributed by atoms with Crippen LogP contribution in [0.5, 0.6) is 0 Å². The number of rotatable bonds is 6. The lowest BCUT2D eigenvalue weighted by Crippen LogP contribution is -2.38. The van der Waals surface area contributed by atoms with Gasteiger partial charge in [-0.15, -0.1) is 35.3 Å². The molecule has 1 aromatic heterocycles. The molecule has 0 bridgehead atoms. The molecule has 2 N–H and O–H groups in total. The minimum absolute atomic E-state index is 0. The van der Waals surface area contributed by atoms with E-state index in [2.05, 4.69) is 27.1 Å². The van der Waals surface area contributed by atoms with Crippen LogP contribution >= 0.6 is 35.3 Å². The van der Waals surface area contributed by atoms with Gasteiger partial charge in [0.1, 0.15) is 5.82 Å². The second-order valence-corrected chi connectivity index (χ2v) is 5.90. The Morgan fingerprint density at radius 1 is 1.33 bits per heavy atom. The Labute approximate surface area is 162 Å². The number of nitrogens with one attached hydrogen (secondary N) is 2. The topological polar surface area (TPSA) is 60.2 Å². The Bertz CT molecular complexity index is 695. The van der Waals surface area contributed by atoms with Crippen LogP contribution in [0.4, 0.5) is 4.39 Å². The zero-order valence-electron chi connectivity index (χ0n) is 13.4. The van der Waals surface area contributed by atoms with Crippen LogP contribution in [0, 0.1) is 17.1 Å². The summed E-state index contributed by atoms with van der Waals surface area (Å²) in [5.41, 5.74) is 0.788. The van der Waals surface area contributed by atoms with Gasteiger partial charge in [-0.2, -0.15) is 5.26 Å². The molecule has 2 rings (SSSR count). The van der Waals surface area contributed by atoms with Gasteiger partial charge in [0.25, 0.3) is 0 Å². The number of hydrogen-bond acceptors (Lipinski definition) is 3. The van der Waals surface area contributed by atoms with Crippen LogP contribution in [0.1, 0.15) is 22.9 Å². The SMILES string of the molecule is CCNC(=NCc1ccc(C#N)cc1F)NCCc1cccs1.I. The first-order chi connectivity index (χ1) is 11.2. The maximum Gasteiger partial charge on any atom is 0.191 e. The molecule has 1 heterocycles. The Morgan fingerprint density at radius 2 is 2.17 bits per heavy atom. The van der Waals surface area contributed by atoms with Gasteiger partial charge < -0.3 is 10.6 Å². The quantitative estimate of drug-likeness (QED) is 0.395. The number of guanidine groups is 1. The van der Waals surface area contributed by atoms with Gasteiger partial charge in [0.05, 0.1) is 18.2 Å². The smallest absolute Gasteiger partial charge is 0.191 e. The Balaban J connectivity index is 0.00000288. The lowest BCUT2D eigenvalue weighted by Gasteiger charge is -2.11. The van der Waals surface area contributed by atoms with E-state index in [9.17, 15) is 4.39 Å². The summed E-state index contributed by atoms with van der Waals surface area (Å²) < 4.78 is 13.9. The van der Waals surface area contributed by atoms with Gasteiger partial charge >= 0.3 is 0 Å². The lowest BCUT2D eigenvalue weighted by atomic mass is 10.1. The van der Waals surface area contributed by atoms with Gasteiger partial charge in [0, 0.05) is 23.5 Å². The van der Waals surface area contributed by atoms with Crippen LogP contribution in [0.2, 0.25) is 0 Å². The van der Waals surface area contributed by atoms with E-state index < -0.39 is 5.82 Å². The molecule has 0 saturated carbocycles. The monoisotopic (exact) mass is 458 g/mol. The molecule has 0 amide bonds. The fourth-order valence-corrected chi connectivity index (χ4v) is 2.72. The van der Waals surface area contributed by atoms with E-state index in [0.29, 0.717) is 17.1 Å². The summed E-state index contributed by atoms with van der Waals surface area (Å²) >= 11 is 1.73. The molecular formula is C17H20FIN4S. The molecule has 1 aromatic carbocycles. The van der Waals surface area contributed by atoms with Gasteiger partial charge in [0.2, 0.25) is 0 Å². The van der Waals surface area contributed by atoms with Crippen molar-refractivity contribution >= 4 is 41.3 Å². The van der Waals surface area contributed by atoms with E-state index >= 15 is 0 Å². The van der Waals surface area contributed by atoms with E-state index in [0.717, 1.165) is 19.5 Å². The third-order valence-electron chi connectivity index (χ3n) is 3.18. The van der Waals surface area contributed by atoms with Crippen LogP contribution in [0.25, 0.3) is 0 Å². The molecule has 0 radical (unpaired) electrons. The van der Waals surface area contributed by atoms with Gasteiger partial charge in [0.15, 0.2) is 5.96 Å². The predicted molar refractivity (Wildman–Crippen MR) is 107 cm³/mol. The zero-order chi connectivity index (χ0) is 16.5. The number of aliphatic imine (C=N–C) groups is 1. The molecule has 0 aliphatic heterocycles. The first kappa shape index (κ1) is 20.4. The average molecular weight is 458 g/mol. The van der Waals surface area contributed by atoms with Crippen molar-refractivity contribution in [1.82, 2.24) is 10.6 Å². The lowest BCUT2D eigenvalue weighted by molar-refractivity contribution is 0.609. The first-order valence-electron chi connectivity index (χ1n) is 7.46. The van der Waals surface area contributed by atoms with Crippen molar-refractivity contribution in [2.75, 3.05) is 13.1 Å². The van der Waals surface area contributed by atoms with Gasteiger partial charge in [-0.05, 0) is 36.9 Å². The molecule has 0 atom stereocenters. The average Bonchev–Trinajstić information content (AvgIpc) is 3.06. The minimum Gasteiger partial charge on any atom is -0.357 e. The molecule has 0 spiro atoms. The van der Waals surface area contributed by atoms with E-state index in [1.54, 1.807) is 23.5 Å². The van der Waals surface area contributed by atoms with E-state index in [-0.39, 0.29) is 30.5 Å².